The lowest BCUT2D eigenvalue weighted by Gasteiger charge is -2.23. The fraction of sp³-hybridized carbons (Fsp3) is 0.625. The number of nitrogens with zero attached hydrogens (tertiary/aromatic N) is 1. The molecule has 21 heavy (non-hydrogen) atoms. The Morgan fingerprint density at radius 2 is 1.67 bits per heavy atom. The van der Waals surface area contributed by atoms with E-state index < -0.39 is 12.7 Å². The minimum atomic E-state index is -4.14. The molecule has 0 aromatic heterocycles. The fourth-order valence-corrected chi connectivity index (χ4v) is 2.26. The van der Waals surface area contributed by atoms with Crippen molar-refractivity contribution in [3.05, 3.63) is 35.4 Å². The molecule has 0 bridgehead atoms. The summed E-state index contributed by atoms with van der Waals surface area (Å²) in [4.78, 5) is 1.45. The minimum Gasteiger partial charge on any atom is -0.317 e. The standard InChI is InChI=1S/C16H25F3N2/c1-3-11-21(13-16(17,18)19)12-15-7-5-14(6-8-15)9-10-20-4-2/h5-8,20H,3-4,9-13H2,1-2H3. The molecule has 0 amide bonds. The molecule has 0 aliphatic heterocycles. The van der Waals surface area contributed by atoms with Crippen molar-refractivity contribution in [1.82, 2.24) is 10.2 Å². The lowest BCUT2D eigenvalue weighted by atomic mass is 10.1. The number of hydrogen-bond donors (Lipinski definition) is 1. The lowest BCUT2D eigenvalue weighted by Crippen LogP contribution is -2.34. The predicted molar refractivity (Wildman–Crippen MR) is 80.3 cm³/mol. The van der Waals surface area contributed by atoms with E-state index in [-0.39, 0.29) is 0 Å². The summed E-state index contributed by atoms with van der Waals surface area (Å²) in [6, 6.07) is 7.87. The molecular formula is C16H25F3N2. The third-order valence-corrected chi connectivity index (χ3v) is 3.21. The van der Waals surface area contributed by atoms with E-state index in [9.17, 15) is 13.2 Å². The average molecular weight is 302 g/mol. The summed E-state index contributed by atoms with van der Waals surface area (Å²) < 4.78 is 37.6. The van der Waals surface area contributed by atoms with Gasteiger partial charge in [0, 0.05) is 6.54 Å². The van der Waals surface area contributed by atoms with Crippen LogP contribution in [0, 0.1) is 0 Å². The van der Waals surface area contributed by atoms with Gasteiger partial charge in [0.05, 0.1) is 6.54 Å². The van der Waals surface area contributed by atoms with Gasteiger partial charge in [-0.15, -0.1) is 0 Å². The zero-order valence-electron chi connectivity index (χ0n) is 12.8. The maximum Gasteiger partial charge on any atom is 0.401 e. The highest BCUT2D eigenvalue weighted by atomic mass is 19.4. The molecule has 0 aliphatic rings. The van der Waals surface area contributed by atoms with Gasteiger partial charge < -0.3 is 5.32 Å². The van der Waals surface area contributed by atoms with Crippen LogP contribution >= 0.6 is 0 Å². The van der Waals surface area contributed by atoms with Gasteiger partial charge in [-0.1, -0.05) is 38.1 Å². The lowest BCUT2D eigenvalue weighted by molar-refractivity contribution is -0.147. The molecule has 0 spiro atoms. The highest BCUT2D eigenvalue weighted by molar-refractivity contribution is 5.22. The monoisotopic (exact) mass is 302 g/mol. The van der Waals surface area contributed by atoms with E-state index in [1.165, 1.54) is 10.5 Å². The Morgan fingerprint density at radius 1 is 1.05 bits per heavy atom. The molecule has 1 aromatic rings. The predicted octanol–water partition coefficient (Wildman–Crippen LogP) is 3.61. The van der Waals surface area contributed by atoms with E-state index in [4.69, 9.17) is 0 Å². The highest BCUT2D eigenvalue weighted by Gasteiger charge is 2.30. The van der Waals surface area contributed by atoms with Crippen molar-refractivity contribution in [1.29, 1.82) is 0 Å². The van der Waals surface area contributed by atoms with Crippen LogP contribution in [0.4, 0.5) is 13.2 Å². The van der Waals surface area contributed by atoms with Crippen molar-refractivity contribution in [3.8, 4) is 0 Å². The Bertz CT molecular complexity index is 388. The van der Waals surface area contributed by atoms with Gasteiger partial charge in [-0.25, -0.2) is 0 Å². The summed E-state index contributed by atoms with van der Waals surface area (Å²) in [5.41, 5.74) is 2.14. The Labute approximate surface area is 125 Å². The molecule has 0 saturated carbocycles. The second kappa shape index (κ2) is 9.05. The maximum absolute atomic E-state index is 12.5. The third-order valence-electron chi connectivity index (χ3n) is 3.21. The molecular weight excluding hydrogens is 277 g/mol. The Morgan fingerprint density at radius 3 is 2.19 bits per heavy atom. The summed E-state index contributed by atoms with van der Waals surface area (Å²) in [5.74, 6) is 0. The van der Waals surface area contributed by atoms with E-state index in [1.807, 2.05) is 31.2 Å². The van der Waals surface area contributed by atoms with Crippen LogP contribution in [0.1, 0.15) is 31.4 Å². The second-order valence-electron chi connectivity index (χ2n) is 5.25. The van der Waals surface area contributed by atoms with E-state index in [0.717, 1.165) is 31.5 Å². The Hall–Kier alpha value is -1.07. The number of alkyl halides is 3. The number of hydrogen-bond acceptors (Lipinski definition) is 2. The average Bonchev–Trinajstić information content (AvgIpc) is 2.39. The normalized spacial score (nSPS) is 12.1. The Kier molecular flexibility index (Phi) is 7.75. The van der Waals surface area contributed by atoms with Crippen LogP contribution in [0.25, 0.3) is 0 Å². The van der Waals surface area contributed by atoms with Gasteiger partial charge in [-0.05, 0) is 43.6 Å². The van der Waals surface area contributed by atoms with Gasteiger partial charge in [0.2, 0.25) is 0 Å². The quantitative estimate of drug-likeness (QED) is 0.701. The van der Waals surface area contributed by atoms with Crippen LogP contribution in [0.3, 0.4) is 0 Å². The minimum absolute atomic E-state index is 0.348. The number of likely N-dealkylation sites (N-methyl/N-ethyl adjacent to an activating group) is 1. The van der Waals surface area contributed by atoms with Gasteiger partial charge in [-0.3, -0.25) is 4.90 Å². The molecule has 5 heteroatoms. The topological polar surface area (TPSA) is 15.3 Å². The molecule has 0 aliphatic carbocycles. The van der Waals surface area contributed by atoms with Crippen molar-refractivity contribution in [2.75, 3.05) is 26.2 Å². The van der Waals surface area contributed by atoms with Crippen LogP contribution in [0.15, 0.2) is 24.3 Å². The largest absolute Gasteiger partial charge is 0.401 e. The number of halogens is 3. The zero-order chi connectivity index (χ0) is 15.7. The van der Waals surface area contributed by atoms with Gasteiger partial charge in [0.1, 0.15) is 0 Å². The number of benzene rings is 1. The summed E-state index contributed by atoms with van der Waals surface area (Å²) in [6.45, 7) is 5.79. The fourth-order valence-electron chi connectivity index (χ4n) is 2.26. The molecule has 2 nitrogen and oxygen atoms in total. The number of nitrogens with one attached hydrogen (secondary N) is 1. The van der Waals surface area contributed by atoms with Crippen LogP contribution in [0.5, 0.6) is 0 Å². The zero-order valence-corrected chi connectivity index (χ0v) is 12.8. The number of rotatable bonds is 9. The highest BCUT2D eigenvalue weighted by Crippen LogP contribution is 2.18. The molecule has 1 rings (SSSR count). The SMILES string of the molecule is CCCN(Cc1ccc(CCNCC)cc1)CC(F)(F)F. The van der Waals surface area contributed by atoms with Crippen LogP contribution < -0.4 is 5.32 Å². The van der Waals surface area contributed by atoms with E-state index in [2.05, 4.69) is 12.2 Å². The molecule has 0 radical (unpaired) electrons. The molecule has 120 valence electrons. The molecule has 1 aromatic carbocycles. The van der Waals surface area contributed by atoms with E-state index in [0.29, 0.717) is 13.1 Å². The van der Waals surface area contributed by atoms with E-state index in [1.54, 1.807) is 0 Å². The van der Waals surface area contributed by atoms with Gasteiger partial charge in [-0.2, -0.15) is 13.2 Å². The van der Waals surface area contributed by atoms with Crippen LogP contribution in [0.2, 0.25) is 0 Å². The summed E-state index contributed by atoms with van der Waals surface area (Å²) in [5, 5.41) is 3.25. The third kappa shape index (κ3) is 8.07. The van der Waals surface area contributed by atoms with Crippen molar-refractivity contribution in [2.24, 2.45) is 0 Å². The summed E-state index contributed by atoms with van der Waals surface area (Å²) in [6.07, 6.45) is -2.48. The van der Waals surface area contributed by atoms with Crippen molar-refractivity contribution in [2.45, 2.75) is 39.4 Å². The molecule has 0 fully saturated rings. The Balaban J connectivity index is 2.55. The molecule has 0 saturated heterocycles. The van der Waals surface area contributed by atoms with Crippen LogP contribution in [-0.2, 0) is 13.0 Å². The van der Waals surface area contributed by atoms with Gasteiger partial charge in [0.15, 0.2) is 0 Å². The smallest absolute Gasteiger partial charge is 0.317 e. The molecule has 0 atom stereocenters. The van der Waals surface area contributed by atoms with Crippen molar-refractivity contribution < 1.29 is 13.2 Å². The molecule has 1 N–H and O–H groups in total. The van der Waals surface area contributed by atoms with Crippen LogP contribution in [-0.4, -0.2) is 37.3 Å². The first-order chi connectivity index (χ1) is 9.94. The van der Waals surface area contributed by atoms with Crippen molar-refractivity contribution in [3.63, 3.8) is 0 Å². The first-order valence-electron chi connectivity index (χ1n) is 7.52. The van der Waals surface area contributed by atoms with Gasteiger partial charge >= 0.3 is 6.18 Å². The maximum atomic E-state index is 12.5. The summed E-state index contributed by atoms with van der Waals surface area (Å²) in [7, 11) is 0. The molecule has 0 unspecified atom stereocenters. The second-order valence-corrected chi connectivity index (χ2v) is 5.25. The van der Waals surface area contributed by atoms with E-state index >= 15 is 0 Å². The van der Waals surface area contributed by atoms with Crippen molar-refractivity contribution >= 4 is 0 Å². The molecule has 0 heterocycles. The van der Waals surface area contributed by atoms with Gasteiger partial charge in [0.25, 0.3) is 0 Å². The first kappa shape index (κ1) is 18.0. The first-order valence-corrected chi connectivity index (χ1v) is 7.52. The summed E-state index contributed by atoms with van der Waals surface area (Å²) >= 11 is 0.